The summed E-state index contributed by atoms with van der Waals surface area (Å²) in [6.07, 6.45) is 1.61. The molecule has 0 spiro atoms. The van der Waals surface area contributed by atoms with Gasteiger partial charge in [0.15, 0.2) is 17.2 Å². The van der Waals surface area contributed by atoms with Crippen LogP contribution in [0.4, 0.5) is 0 Å². The maximum Gasteiger partial charge on any atom is 0.363 e. The number of cyclic esters (lactones) is 1. The van der Waals surface area contributed by atoms with Crippen molar-refractivity contribution in [1.82, 2.24) is 0 Å². The third-order valence-corrected chi connectivity index (χ3v) is 4.44. The van der Waals surface area contributed by atoms with Crippen LogP contribution in [0.3, 0.4) is 0 Å². The Morgan fingerprint density at radius 2 is 1.83 bits per heavy atom. The summed E-state index contributed by atoms with van der Waals surface area (Å²) in [5.74, 6) is 0.0257. The van der Waals surface area contributed by atoms with Gasteiger partial charge in [-0.05, 0) is 53.6 Å². The van der Waals surface area contributed by atoms with Gasteiger partial charge in [0, 0.05) is 12.5 Å². The molecule has 1 aliphatic heterocycles. The van der Waals surface area contributed by atoms with E-state index in [4.69, 9.17) is 14.2 Å². The molecule has 0 unspecified atom stereocenters. The minimum Gasteiger partial charge on any atom is -0.490 e. The van der Waals surface area contributed by atoms with Gasteiger partial charge < -0.3 is 14.2 Å². The van der Waals surface area contributed by atoms with Crippen LogP contribution in [0, 0.1) is 0 Å². The normalized spacial score (nSPS) is 14.5. The molecule has 3 aromatic rings. The Bertz CT molecular complexity index is 1210. The molecule has 150 valence electrons. The van der Waals surface area contributed by atoms with E-state index < -0.39 is 11.9 Å². The van der Waals surface area contributed by atoms with Gasteiger partial charge in [0.1, 0.15) is 0 Å². The lowest BCUT2D eigenvalue weighted by Crippen LogP contribution is -2.05. The minimum atomic E-state index is -0.528. The van der Waals surface area contributed by atoms with Crippen molar-refractivity contribution in [1.29, 1.82) is 0 Å². The average molecular weight is 401 g/mol. The number of fused-ring (bicyclic) bond motifs is 1. The SMILES string of the molecule is CCOc1cc(/C=C2/N=C(c3ccc4ccccc4c3)OC2=O)ccc1OC(C)=O. The van der Waals surface area contributed by atoms with Gasteiger partial charge in [-0.25, -0.2) is 9.79 Å². The van der Waals surface area contributed by atoms with Gasteiger partial charge in [-0.3, -0.25) is 4.79 Å². The molecule has 0 saturated carbocycles. The Morgan fingerprint density at radius 3 is 2.60 bits per heavy atom. The van der Waals surface area contributed by atoms with Crippen molar-refractivity contribution in [2.45, 2.75) is 13.8 Å². The van der Waals surface area contributed by atoms with Crippen LogP contribution in [0.25, 0.3) is 16.8 Å². The number of hydrogen-bond donors (Lipinski definition) is 0. The first-order valence-corrected chi connectivity index (χ1v) is 9.50. The first kappa shape index (κ1) is 19.4. The predicted molar refractivity (Wildman–Crippen MR) is 113 cm³/mol. The summed E-state index contributed by atoms with van der Waals surface area (Å²) >= 11 is 0. The van der Waals surface area contributed by atoms with Crippen LogP contribution in [0.1, 0.15) is 25.0 Å². The molecule has 0 atom stereocenters. The fraction of sp³-hybridized carbons (Fsp3) is 0.125. The Morgan fingerprint density at radius 1 is 1.03 bits per heavy atom. The van der Waals surface area contributed by atoms with Crippen LogP contribution in [0.2, 0.25) is 0 Å². The molecule has 0 aliphatic carbocycles. The summed E-state index contributed by atoms with van der Waals surface area (Å²) in [5, 5.41) is 2.13. The van der Waals surface area contributed by atoms with E-state index in [0.717, 1.165) is 16.3 Å². The van der Waals surface area contributed by atoms with Crippen LogP contribution in [-0.4, -0.2) is 24.4 Å². The molecule has 1 heterocycles. The number of carbonyl (C=O) groups is 2. The fourth-order valence-electron chi connectivity index (χ4n) is 3.13. The number of hydrogen-bond acceptors (Lipinski definition) is 6. The number of carbonyl (C=O) groups excluding carboxylic acids is 2. The van der Waals surface area contributed by atoms with Crippen molar-refractivity contribution in [2.24, 2.45) is 4.99 Å². The van der Waals surface area contributed by atoms with Gasteiger partial charge in [-0.2, -0.15) is 0 Å². The Kier molecular flexibility index (Phi) is 5.30. The zero-order valence-corrected chi connectivity index (χ0v) is 16.5. The quantitative estimate of drug-likeness (QED) is 0.357. The average Bonchev–Trinajstić information content (AvgIpc) is 3.10. The van der Waals surface area contributed by atoms with Crippen molar-refractivity contribution >= 4 is 34.7 Å². The van der Waals surface area contributed by atoms with Gasteiger partial charge in [0.25, 0.3) is 0 Å². The first-order chi connectivity index (χ1) is 14.5. The maximum atomic E-state index is 12.3. The summed E-state index contributed by atoms with van der Waals surface area (Å²) in [5.41, 5.74) is 1.58. The molecule has 0 amide bonds. The van der Waals surface area contributed by atoms with Crippen LogP contribution < -0.4 is 9.47 Å². The topological polar surface area (TPSA) is 74.2 Å². The largest absolute Gasteiger partial charge is 0.490 e. The third-order valence-electron chi connectivity index (χ3n) is 4.44. The van der Waals surface area contributed by atoms with E-state index >= 15 is 0 Å². The van der Waals surface area contributed by atoms with Gasteiger partial charge >= 0.3 is 11.9 Å². The Balaban J connectivity index is 1.66. The zero-order valence-electron chi connectivity index (χ0n) is 16.5. The third kappa shape index (κ3) is 4.07. The molecule has 3 aromatic carbocycles. The zero-order chi connectivity index (χ0) is 21.1. The predicted octanol–water partition coefficient (Wildman–Crippen LogP) is 4.51. The molecule has 0 radical (unpaired) electrons. The molecular weight excluding hydrogens is 382 g/mol. The lowest BCUT2D eigenvalue weighted by Gasteiger charge is -2.10. The van der Waals surface area contributed by atoms with Gasteiger partial charge in [-0.15, -0.1) is 0 Å². The lowest BCUT2D eigenvalue weighted by atomic mass is 10.1. The van der Waals surface area contributed by atoms with Gasteiger partial charge in [0.05, 0.1) is 6.61 Å². The summed E-state index contributed by atoms with van der Waals surface area (Å²) < 4.78 is 16.1. The molecule has 1 aliphatic rings. The number of esters is 2. The van der Waals surface area contributed by atoms with E-state index in [0.29, 0.717) is 23.7 Å². The standard InChI is InChI=1S/C24H19NO5/c1-3-28-22-13-16(8-11-21(22)29-15(2)26)12-20-24(27)30-23(25-20)19-10-9-17-6-4-5-7-18(17)14-19/h4-14H,3H2,1-2H3/b20-12+. The number of aliphatic imine (C=N–C) groups is 1. The molecular formula is C24H19NO5. The van der Waals surface area contributed by atoms with E-state index in [1.54, 1.807) is 24.3 Å². The monoisotopic (exact) mass is 401 g/mol. The van der Waals surface area contributed by atoms with E-state index in [1.165, 1.54) is 6.92 Å². The highest BCUT2D eigenvalue weighted by molar-refractivity contribution is 6.13. The van der Waals surface area contributed by atoms with Crippen LogP contribution in [0.5, 0.6) is 11.5 Å². The highest BCUT2D eigenvalue weighted by Crippen LogP contribution is 2.30. The van der Waals surface area contributed by atoms with Gasteiger partial charge in [0.2, 0.25) is 5.90 Å². The van der Waals surface area contributed by atoms with Gasteiger partial charge in [-0.1, -0.05) is 36.4 Å². The molecule has 30 heavy (non-hydrogen) atoms. The second-order valence-corrected chi connectivity index (χ2v) is 6.63. The van der Waals surface area contributed by atoms with E-state index in [1.807, 2.05) is 49.4 Å². The molecule has 6 heteroatoms. The smallest absolute Gasteiger partial charge is 0.363 e. The second kappa shape index (κ2) is 8.21. The van der Waals surface area contributed by atoms with Crippen LogP contribution >= 0.6 is 0 Å². The minimum absolute atomic E-state index is 0.181. The number of benzene rings is 3. The van der Waals surface area contributed by atoms with Crippen molar-refractivity contribution in [3.05, 3.63) is 77.5 Å². The summed E-state index contributed by atoms with van der Waals surface area (Å²) in [4.78, 5) is 28.0. The first-order valence-electron chi connectivity index (χ1n) is 9.50. The molecule has 0 bridgehead atoms. The Hall–Kier alpha value is -3.93. The van der Waals surface area contributed by atoms with E-state index in [9.17, 15) is 9.59 Å². The van der Waals surface area contributed by atoms with Crippen molar-refractivity contribution in [2.75, 3.05) is 6.61 Å². The maximum absolute atomic E-state index is 12.3. The summed E-state index contributed by atoms with van der Waals surface area (Å²) in [6, 6.07) is 18.7. The van der Waals surface area contributed by atoms with Crippen molar-refractivity contribution in [3.8, 4) is 11.5 Å². The molecule has 4 rings (SSSR count). The van der Waals surface area contributed by atoms with Crippen LogP contribution in [-0.2, 0) is 14.3 Å². The summed E-state index contributed by atoms with van der Waals surface area (Å²) in [7, 11) is 0. The van der Waals surface area contributed by atoms with E-state index in [2.05, 4.69) is 4.99 Å². The molecule has 0 saturated heterocycles. The molecule has 0 N–H and O–H groups in total. The Labute approximate surface area is 173 Å². The molecule has 0 aromatic heterocycles. The molecule has 6 nitrogen and oxygen atoms in total. The second-order valence-electron chi connectivity index (χ2n) is 6.63. The number of nitrogens with zero attached hydrogens (tertiary/aromatic N) is 1. The van der Waals surface area contributed by atoms with Crippen molar-refractivity contribution < 1.29 is 23.8 Å². The highest BCUT2D eigenvalue weighted by atomic mass is 16.6. The summed E-state index contributed by atoms with van der Waals surface area (Å²) in [6.45, 7) is 3.56. The van der Waals surface area contributed by atoms with Crippen molar-refractivity contribution in [3.63, 3.8) is 0 Å². The van der Waals surface area contributed by atoms with Crippen LogP contribution in [0.15, 0.2) is 71.4 Å². The fourth-order valence-corrected chi connectivity index (χ4v) is 3.13. The number of ether oxygens (including phenoxy) is 3. The highest BCUT2D eigenvalue weighted by Gasteiger charge is 2.24. The molecule has 0 fully saturated rings. The lowest BCUT2D eigenvalue weighted by molar-refractivity contribution is -0.132. The van der Waals surface area contributed by atoms with E-state index in [-0.39, 0.29) is 11.6 Å². The number of rotatable bonds is 5.